The van der Waals surface area contributed by atoms with E-state index in [0.29, 0.717) is 23.7 Å². The highest BCUT2D eigenvalue weighted by molar-refractivity contribution is 6.20. The molecule has 168 valence electrons. The van der Waals surface area contributed by atoms with Crippen molar-refractivity contribution in [3.63, 3.8) is 0 Å². The second-order valence-corrected chi connectivity index (χ2v) is 9.05. The quantitative estimate of drug-likeness (QED) is 0.624. The van der Waals surface area contributed by atoms with Crippen LogP contribution in [0.2, 0.25) is 0 Å². The predicted molar refractivity (Wildman–Crippen MR) is 114 cm³/mol. The summed E-state index contributed by atoms with van der Waals surface area (Å²) in [5.74, 6) is 1.09. The molecule has 7 rings (SSSR count). The van der Waals surface area contributed by atoms with Crippen LogP contribution in [-0.2, 0) is 28.0 Å². The van der Waals surface area contributed by atoms with Crippen LogP contribution in [0, 0.1) is 0 Å². The fourth-order valence-corrected chi connectivity index (χ4v) is 6.18. The lowest BCUT2D eigenvalue weighted by Gasteiger charge is -2.48. The molecule has 9 heteroatoms. The van der Waals surface area contributed by atoms with Gasteiger partial charge in [-0.15, -0.1) is 0 Å². The number of nitrogens with zero attached hydrogens (tertiary/aromatic N) is 1. The molecule has 0 unspecified atom stereocenters. The first-order chi connectivity index (χ1) is 16.0. The maximum Gasteiger partial charge on any atom is 0.274 e. The van der Waals surface area contributed by atoms with Crippen molar-refractivity contribution in [2.75, 3.05) is 27.2 Å². The number of hydrogen-bond donors (Lipinski definition) is 2. The van der Waals surface area contributed by atoms with Crippen LogP contribution < -0.4 is 30.0 Å². The van der Waals surface area contributed by atoms with Gasteiger partial charge < -0.3 is 24.7 Å². The molecule has 2 aromatic carbocycles. The average molecular weight is 447 g/mol. The van der Waals surface area contributed by atoms with Gasteiger partial charge >= 0.3 is 0 Å². The zero-order valence-electron chi connectivity index (χ0n) is 17.9. The van der Waals surface area contributed by atoms with Crippen LogP contribution in [0.1, 0.15) is 28.2 Å². The van der Waals surface area contributed by atoms with Gasteiger partial charge in [0.1, 0.15) is 5.70 Å². The first-order valence-corrected chi connectivity index (χ1v) is 10.9. The van der Waals surface area contributed by atoms with E-state index in [2.05, 4.69) is 17.3 Å². The maximum atomic E-state index is 13.1. The Labute approximate surface area is 189 Å². The fraction of sp³-hybridized carbons (Fsp3) is 0.333. The maximum absolute atomic E-state index is 13.1. The Morgan fingerprint density at radius 2 is 1.76 bits per heavy atom. The summed E-state index contributed by atoms with van der Waals surface area (Å²) < 4.78 is 22.9. The minimum atomic E-state index is -0.667. The van der Waals surface area contributed by atoms with Gasteiger partial charge in [-0.05, 0) is 54.8 Å². The van der Waals surface area contributed by atoms with Gasteiger partial charge in [0, 0.05) is 18.0 Å². The zero-order chi connectivity index (χ0) is 22.5. The van der Waals surface area contributed by atoms with Gasteiger partial charge in [0.2, 0.25) is 13.6 Å². The van der Waals surface area contributed by atoms with E-state index in [1.54, 1.807) is 0 Å². The summed E-state index contributed by atoms with van der Waals surface area (Å²) in [7, 11) is 2.05. The van der Waals surface area contributed by atoms with E-state index < -0.39 is 23.3 Å². The van der Waals surface area contributed by atoms with E-state index in [0.717, 1.165) is 41.0 Å². The topological polar surface area (TPSA) is 112 Å². The Morgan fingerprint density at radius 1 is 1.00 bits per heavy atom. The van der Waals surface area contributed by atoms with Gasteiger partial charge in [0.05, 0.1) is 11.1 Å². The monoisotopic (exact) mass is 447 g/mol. The molecule has 9 nitrogen and oxygen atoms in total. The normalized spacial score (nSPS) is 26.8. The van der Waals surface area contributed by atoms with Crippen molar-refractivity contribution in [2.24, 2.45) is 5.73 Å². The molecule has 2 aromatic rings. The third-order valence-corrected chi connectivity index (χ3v) is 7.65. The standard InChI is InChI=1S/C24H21N3O6/c1-27-5-4-11-6-15-16(32-9-31-15)7-13(11)24(27)8-12-2-3-14-21(33-10-30-14)17(12)19(24)18-20(25)23(29)26-22(18)28/h2-3,6-7,19H,4-5,8-10H2,1H3,(H3,25,26,28,29)/t19-,24-/m1/s1. The highest BCUT2D eigenvalue weighted by atomic mass is 16.7. The van der Waals surface area contributed by atoms with Crippen LogP contribution in [0.5, 0.6) is 23.0 Å². The second-order valence-electron chi connectivity index (χ2n) is 9.05. The number of nitrogens with two attached hydrogens (primary N) is 1. The molecule has 0 bridgehead atoms. The van der Waals surface area contributed by atoms with Crippen LogP contribution in [-0.4, -0.2) is 43.9 Å². The van der Waals surface area contributed by atoms with E-state index in [4.69, 9.17) is 24.7 Å². The smallest absolute Gasteiger partial charge is 0.274 e. The molecular formula is C24H21N3O6. The van der Waals surface area contributed by atoms with Crippen molar-refractivity contribution in [3.8, 4) is 23.0 Å². The van der Waals surface area contributed by atoms with Gasteiger partial charge in [-0.1, -0.05) is 6.07 Å². The molecular weight excluding hydrogens is 426 g/mol. The molecule has 4 aliphatic heterocycles. The summed E-state index contributed by atoms with van der Waals surface area (Å²) in [4.78, 5) is 27.8. The number of hydrogen-bond acceptors (Lipinski definition) is 8. The Balaban J connectivity index is 1.55. The summed E-state index contributed by atoms with van der Waals surface area (Å²) in [6.07, 6.45) is 1.44. The van der Waals surface area contributed by atoms with Crippen molar-refractivity contribution in [3.05, 3.63) is 57.8 Å². The Kier molecular flexibility index (Phi) is 3.53. The summed E-state index contributed by atoms with van der Waals surface area (Å²) in [5, 5.41) is 2.38. The minimum Gasteiger partial charge on any atom is -0.454 e. The Bertz CT molecular complexity index is 1320. The molecule has 4 heterocycles. The summed E-state index contributed by atoms with van der Waals surface area (Å²) in [6.45, 7) is 1.05. The van der Waals surface area contributed by atoms with E-state index in [1.165, 1.54) is 0 Å². The number of carbonyl (C=O) groups excluding carboxylic acids is 2. The molecule has 0 fully saturated rings. The van der Waals surface area contributed by atoms with Crippen LogP contribution >= 0.6 is 0 Å². The molecule has 0 saturated heterocycles. The van der Waals surface area contributed by atoms with E-state index in [1.807, 2.05) is 24.3 Å². The molecule has 0 saturated carbocycles. The second kappa shape index (κ2) is 6.20. The van der Waals surface area contributed by atoms with Crippen LogP contribution in [0.4, 0.5) is 0 Å². The molecule has 1 aliphatic carbocycles. The van der Waals surface area contributed by atoms with E-state index in [-0.39, 0.29) is 24.9 Å². The molecule has 0 aromatic heterocycles. The summed E-state index contributed by atoms with van der Waals surface area (Å²) in [6, 6.07) is 7.98. The molecule has 0 radical (unpaired) electrons. The molecule has 5 aliphatic rings. The van der Waals surface area contributed by atoms with Crippen molar-refractivity contribution < 1.29 is 28.5 Å². The van der Waals surface area contributed by atoms with E-state index >= 15 is 0 Å². The molecule has 2 atom stereocenters. The van der Waals surface area contributed by atoms with Crippen molar-refractivity contribution in [2.45, 2.75) is 24.3 Å². The number of ether oxygens (including phenoxy) is 4. The number of likely N-dealkylation sites (N-methyl/N-ethyl adjacent to an activating group) is 1. The first kappa shape index (κ1) is 18.8. The molecule has 2 amide bonds. The number of fused-ring (bicyclic) bond motifs is 6. The lowest BCUT2D eigenvalue weighted by atomic mass is 9.69. The number of rotatable bonds is 1. The SMILES string of the molecule is CN1CCc2cc3c(cc2[C@@]12Cc1ccc4c(c1[C@@H]2C1=C(N)C(=O)NC1=O)OCO4)OCO3. The number of nitrogens with one attached hydrogen (secondary N) is 1. The lowest BCUT2D eigenvalue weighted by molar-refractivity contribution is -0.124. The predicted octanol–water partition coefficient (Wildman–Crippen LogP) is 1.04. The van der Waals surface area contributed by atoms with Gasteiger partial charge in [0.15, 0.2) is 23.0 Å². The minimum absolute atomic E-state index is 0.0463. The molecule has 1 spiro atoms. The average Bonchev–Trinajstić information content (AvgIpc) is 3.56. The number of amides is 2. The van der Waals surface area contributed by atoms with Gasteiger partial charge in [-0.3, -0.25) is 19.8 Å². The third-order valence-electron chi connectivity index (χ3n) is 7.65. The number of benzene rings is 2. The highest BCUT2D eigenvalue weighted by Crippen LogP contribution is 2.61. The number of imide groups is 1. The summed E-state index contributed by atoms with van der Waals surface area (Å²) >= 11 is 0. The van der Waals surface area contributed by atoms with Crippen LogP contribution in [0.25, 0.3) is 0 Å². The Morgan fingerprint density at radius 3 is 2.55 bits per heavy atom. The zero-order valence-corrected chi connectivity index (χ0v) is 17.9. The largest absolute Gasteiger partial charge is 0.454 e. The van der Waals surface area contributed by atoms with Gasteiger partial charge in [-0.25, -0.2) is 0 Å². The lowest BCUT2D eigenvalue weighted by Crippen LogP contribution is -2.52. The fourth-order valence-electron chi connectivity index (χ4n) is 6.18. The van der Waals surface area contributed by atoms with Crippen LogP contribution in [0.3, 0.4) is 0 Å². The number of carbonyl (C=O) groups is 2. The van der Waals surface area contributed by atoms with Crippen molar-refractivity contribution >= 4 is 11.8 Å². The summed E-state index contributed by atoms with van der Waals surface area (Å²) in [5.41, 5.74) is 9.88. The molecule has 3 N–H and O–H groups in total. The highest BCUT2D eigenvalue weighted by Gasteiger charge is 2.58. The van der Waals surface area contributed by atoms with Crippen molar-refractivity contribution in [1.82, 2.24) is 10.2 Å². The van der Waals surface area contributed by atoms with E-state index in [9.17, 15) is 9.59 Å². The first-order valence-electron chi connectivity index (χ1n) is 10.9. The molecule has 33 heavy (non-hydrogen) atoms. The van der Waals surface area contributed by atoms with Crippen molar-refractivity contribution in [1.29, 1.82) is 0 Å². The van der Waals surface area contributed by atoms with Gasteiger partial charge in [0.25, 0.3) is 11.8 Å². The van der Waals surface area contributed by atoms with Crippen LogP contribution in [0.15, 0.2) is 35.5 Å². The third kappa shape index (κ3) is 2.24. The Hall–Kier alpha value is -3.72. The van der Waals surface area contributed by atoms with Gasteiger partial charge in [-0.2, -0.15) is 0 Å².